The van der Waals surface area contributed by atoms with Crippen molar-refractivity contribution in [3.8, 4) is 11.5 Å². The van der Waals surface area contributed by atoms with E-state index in [1.54, 1.807) is 32.5 Å². The maximum absolute atomic E-state index is 5.89. The highest BCUT2D eigenvalue weighted by Crippen LogP contribution is 2.27. The van der Waals surface area contributed by atoms with Crippen molar-refractivity contribution in [2.24, 2.45) is 0 Å². The van der Waals surface area contributed by atoms with E-state index in [1.807, 2.05) is 30.3 Å². The van der Waals surface area contributed by atoms with E-state index >= 15 is 0 Å². The van der Waals surface area contributed by atoms with Crippen molar-refractivity contribution in [2.75, 3.05) is 31.4 Å². The molecule has 0 radical (unpaired) electrons. The third-order valence-electron chi connectivity index (χ3n) is 3.82. The van der Waals surface area contributed by atoms with Gasteiger partial charge in [-0.3, -0.25) is 0 Å². The van der Waals surface area contributed by atoms with Crippen LogP contribution in [-0.2, 0) is 6.42 Å². The van der Waals surface area contributed by atoms with Crippen molar-refractivity contribution in [1.29, 1.82) is 0 Å². The normalized spacial score (nSPS) is 10.3. The Morgan fingerprint density at radius 2 is 1.78 bits per heavy atom. The summed E-state index contributed by atoms with van der Waals surface area (Å²) >= 11 is 5.89. The van der Waals surface area contributed by atoms with Crippen LogP contribution in [0.2, 0.25) is 5.02 Å². The number of aromatic nitrogens is 3. The van der Waals surface area contributed by atoms with Crippen molar-refractivity contribution in [1.82, 2.24) is 15.2 Å². The van der Waals surface area contributed by atoms with Gasteiger partial charge in [0.15, 0.2) is 17.3 Å². The summed E-state index contributed by atoms with van der Waals surface area (Å²) in [6.45, 7) is 0.654. The van der Waals surface area contributed by atoms with E-state index in [9.17, 15) is 0 Å². The predicted octanol–water partition coefficient (Wildman–Crippen LogP) is 3.94. The first kappa shape index (κ1) is 18.7. The molecule has 0 bridgehead atoms. The van der Waals surface area contributed by atoms with Crippen LogP contribution in [0.5, 0.6) is 11.5 Å². The second-order valence-corrected chi connectivity index (χ2v) is 6.10. The fourth-order valence-corrected chi connectivity index (χ4v) is 2.60. The monoisotopic (exact) mass is 385 g/mol. The van der Waals surface area contributed by atoms with Crippen molar-refractivity contribution >= 4 is 29.1 Å². The summed E-state index contributed by atoms with van der Waals surface area (Å²) in [5.74, 6) is 2.47. The molecular formula is C19H20ClN5O2. The maximum atomic E-state index is 5.89. The topological polar surface area (TPSA) is 81.2 Å². The Balaban J connectivity index is 1.57. The Hall–Kier alpha value is -3.06. The molecule has 0 amide bonds. The molecule has 2 aromatic carbocycles. The van der Waals surface area contributed by atoms with Crippen LogP contribution in [0.15, 0.2) is 48.7 Å². The Bertz CT molecular complexity index is 890. The third kappa shape index (κ3) is 5.21. The van der Waals surface area contributed by atoms with E-state index in [2.05, 4.69) is 25.8 Å². The first-order valence-corrected chi connectivity index (χ1v) is 8.73. The van der Waals surface area contributed by atoms with Crippen LogP contribution < -0.4 is 20.1 Å². The van der Waals surface area contributed by atoms with Gasteiger partial charge in [0.2, 0.25) is 5.95 Å². The molecule has 0 saturated carbocycles. The fourth-order valence-electron chi connectivity index (χ4n) is 2.47. The molecule has 7 nitrogen and oxygen atoms in total. The summed E-state index contributed by atoms with van der Waals surface area (Å²) in [5, 5.41) is 15.0. The summed E-state index contributed by atoms with van der Waals surface area (Å²) in [4.78, 5) is 4.41. The molecular weight excluding hydrogens is 366 g/mol. The zero-order valence-corrected chi connectivity index (χ0v) is 15.8. The molecule has 27 heavy (non-hydrogen) atoms. The Morgan fingerprint density at radius 3 is 2.52 bits per heavy atom. The SMILES string of the molecule is COc1ccc(CCNc2nncc(Nc3ccc(Cl)cc3)n2)cc1OC. The molecule has 140 valence electrons. The largest absolute Gasteiger partial charge is 0.493 e. The molecule has 0 aliphatic heterocycles. The first-order valence-electron chi connectivity index (χ1n) is 8.35. The number of benzene rings is 2. The van der Waals surface area contributed by atoms with Gasteiger partial charge >= 0.3 is 0 Å². The molecule has 0 saturated heterocycles. The summed E-state index contributed by atoms with van der Waals surface area (Å²) in [5.41, 5.74) is 1.99. The van der Waals surface area contributed by atoms with Crippen LogP contribution in [-0.4, -0.2) is 35.9 Å². The number of rotatable bonds is 8. The minimum Gasteiger partial charge on any atom is -0.493 e. The van der Waals surface area contributed by atoms with E-state index in [1.165, 1.54) is 0 Å². The number of nitrogens with one attached hydrogen (secondary N) is 2. The van der Waals surface area contributed by atoms with Crippen molar-refractivity contribution < 1.29 is 9.47 Å². The van der Waals surface area contributed by atoms with Crippen LogP contribution in [0.1, 0.15) is 5.56 Å². The van der Waals surface area contributed by atoms with Gasteiger partial charge in [0, 0.05) is 17.3 Å². The Labute approximate surface area is 162 Å². The molecule has 0 aliphatic carbocycles. The van der Waals surface area contributed by atoms with Gasteiger partial charge < -0.3 is 20.1 Å². The molecule has 0 spiro atoms. The Morgan fingerprint density at radius 1 is 1.00 bits per heavy atom. The molecule has 0 aliphatic rings. The van der Waals surface area contributed by atoms with Gasteiger partial charge in [-0.1, -0.05) is 17.7 Å². The minimum atomic E-state index is 0.453. The second-order valence-electron chi connectivity index (χ2n) is 5.66. The van der Waals surface area contributed by atoms with Gasteiger partial charge in [-0.15, -0.1) is 5.10 Å². The molecule has 3 aromatic rings. The number of methoxy groups -OCH3 is 2. The van der Waals surface area contributed by atoms with Gasteiger partial charge in [-0.25, -0.2) is 0 Å². The van der Waals surface area contributed by atoms with Gasteiger partial charge in [0.05, 0.1) is 20.4 Å². The molecule has 2 N–H and O–H groups in total. The van der Waals surface area contributed by atoms with Gasteiger partial charge in [0.1, 0.15) is 0 Å². The summed E-state index contributed by atoms with van der Waals surface area (Å²) in [6, 6.07) is 13.2. The minimum absolute atomic E-state index is 0.453. The maximum Gasteiger partial charge on any atom is 0.244 e. The van der Waals surface area contributed by atoms with Crippen LogP contribution in [0, 0.1) is 0 Å². The molecule has 3 rings (SSSR count). The van der Waals surface area contributed by atoms with Crippen molar-refractivity contribution in [3.05, 3.63) is 59.2 Å². The summed E-state index contributed by atoms with van der Waals surface area (Å²) in [7, 11) is 3.24. The number of halogens is 1. The van der Waals surface area contributed by atoms with E-state index < -0.39 is 0 Å². The molecule has 8 heteroatoms. The smallest absolute Gasteiger partial charge is 0.244 e. The van der Waals surface area contributed by atoms with E-state index in [4.69, 9.17) is 21.1 Å². The van der Waals surface area contributed by atoms with Crippen molar-refractivity contribution in [3.63, 3.8) is 0 Å². The van der Waals surface area contributed by atoms with Crippen LogP contribution in [0.25, 0.3) is 0 Å². The number of nitrogens with zero attached hydrogens (tertiary/aromatic N) is 3. The molecule has 0 fully saturated rings. The van der Waals surface area contributed by atoms with Gasteiger partial charge in [-0.2, -0.15) is 10.1 Å². The number of ether oxygens (including phenoxy) is 2. The van der Waals surface area contributed by atoms with E-state index in [0.717, 1.165) is 17.7 Å². The first-order chi connectivity index (χ1) is 13.2. The van der Waals surface area contributed by atoms with Gasteiger partial charge in [-0.05, 0) is 48.4 Å². The van der Waals surface area contributed by atoms with Crippen LogP contribution in [0.3, 0.4) is 0 Å². The predicted molar refractivity (Wildman–Crippen MR) is 106 cm³/mol. The quantitative estimate of drug-likeness (QED) is 0.607. The average molecular weight is 386 g/mol. The lowest BCUT2D eigenvalue weighted by molar-refractivity contribution is 0.354. The highest BCUT2D eigenvalue weighted by molar-refractivity contribution is 6.30. The summed E-state index contributed by atoms with van der Waals surface area (Å²) < 4.78 is 10.6. The van der Waals surface area contributed by atoms with Crippen LogP contribution in [0.4, 0.5) is 17.5 Å². The van der Waals surface area contributed by atoms with Gasteiger partial charge in [0.25, 0.3) is 0 Å². The zero-order valence-electron chi connectivity index (χ0n) is 15.1. The Kier molecular flexibility index (Phi) is 6.27. The van der Waals surface area contributed by atoms with Crippen molar-refractivity contribution in [2.45, 2.75) is 6.42 Å². The number of hydrogen-bond donors (Lipinski definition) is 2. The number of hydrogen-bond acceptors (Lipinski definition) is 7. The lowest BCUT2D eigenvalue weighted by Gasteiger charge is -2.10. The standard InChI is InChI=1S/C19H20ClN5O2/c1-26-16-8-3-13(11-17(16)27-2)9-10-21-19-24-18(12-22-25-19)23-15-6-4-14(20)5-7-15/h3-8,11-12H,9-10H2,1-2H3,(H2,21,23,24,25). The molecule has 1 heterocycles. The highest BCUT2D eigenvalue weighted by atomic mass is 35.5. The summed E-state index contributed by atoms with van der Waals surface area (Å²) in [6.07, 6.45) is 2.34. The molecule has 0 atom stereocenters. The number of anilines is 3. The lowest BCUT2D eigenvalue weighted by Crippen LogP contribution is -2.09. The third-order valence-corrected chi connectivity index (χ3v) is 4.07. The van der Waals surface area contributed by atoms with E-state index in [-0.39, 0.29) is 0 Å². The molecule has 0 unspecified atom stereocenters. The zero-order chi connectivity index (χ0) is 19.1. The molecule has 1 aromatic heterocycles. The second kappa shape index (κ2) is 9.05. The lowest BCUT2D eigenvalue weighted by atomic mass is 10.1. The van der Waals surface area contributed by atoms with E-state index in [0.29, 0.717) is 34.8 Å². The average Bonchev–Trinajstić information content (AvgIpc) is 2.70. The highest BCUT2D eigenvalue weighted by Gasteiger charge is 2.05. The fraction of sp³-hybridized carbons (Fsp3) is 0.211. The van der Waals surface area contributed by atoms with Crippen LogP contribution >= 0.6 is 11.6 Å².